The lowest BCUT2D eigenvalue weighted by Crippen LogP contribution is -2.50. The largest absolute Gasteiger partial charge is 0.342 e. The Morgan fingerprint density at radius 1 is 1.22 bits per heavy atom. The van der Waals surface area contributed by atoms with Crippen molar-refractivity contribution >= 4 is 18.3 Å². The summed E-state index contributed by atoms with van der Waals surface area (Å²) in [6.45, 7) is 4.66. The van der Waals surface area contributed by atoms with E-state index in [1.54, 1.807) is 12.1 Å². The van der Waals surface area contributed by atoms with Gasteiger partial charge in [0.2, 0.25) is 5.91 Å². The van der Waals surface area contributed by atoms with Crippen molar-refractivity contribution in [1.82, 2.24) is 15.1 Å². The van der Waals surface area contributed by atoms with Crippen LogP contribution in [0.5, 0.6) is 0 Å². The van der Waals surface area contributed by atoms with Crippen LogP contribution >= 0.6 is 12.4 Å². The second kappa shape index (κ2) is 8.62. The quantitative estimate of drug-likeness (QED) is 0.915. The lowest BCUT2D eigenvalue weighted by atomic mass is 10.0. The molecule has 1 aromatic carbocycles. The predicted molar refractivity (Wildman–Crippen MR) is 91.3 cm³/mol. The van der Waals surface area contributed by atoms with E-state index in [1.165, 1.54) is 12.5 Å². The molecule has 0 saturated carbocycles. The van der Waals surface area contributed by atoms with E-state index in [1.807, 2.05) is 11.0 Å². The summed E-state index contributed by atoms with van der Waals surface area (Å²) in [7, 11) is 0. The molecule has 2 aliphatic rings. The van der Waals surface area contributed by atoms with E-state index < -0.39 is 0 Å². The lowest BCUT2D eigenvalue weighted by Gasteiger charge is -2.37. The molecule has 128 valence electrons. The first-order valence-corrected chi connectivity index (χ1v) is 8.22. The fourth-order valence-corrected chi connectivity index (χ4v) is 3.40. The van der Waals surface area contributed by atoms with Crippen LogP contribution in [0.1, 0.15) is 30.9 Å². The molecule has 1 unspecified atom stereocenters. The number of hydrogen-bond acceptors (Lipinski definition) is 3. The third kappa shape index (κ3) is 4.66. The monoisotopic (exact) mass is 341 g/mol. The number of hydrogen-bond donors (Lipinski definition) is 1. The van der Waals surface area contributed by atoms with Crippen molar-refractivity contribution in [2.75, 3.05) is 39.3 Å². The average molecular weight is 342 g/mol. The van der Waals surface area contributed by atoms with Gasteiger partial charge in [0.15, 0.2) is 0 Å². The Balaban J connectivity index is 0.00000192. The van der Waals surface area contributed by atoms with Crippen molar-refractivity contribution in [3.05, 3.63) is 35.6 Å². The molecule has 4 nitrogen and oxygen atoms in total. The summed E-state index contributed by atoms with van der Waals surface area (Å²) in [5, 5.41) is 3.35. The molecule has 1 aromatic rings. The van der Waals surface area contributed by atoms with E-state index in [9.17, 15) is 9.18 Å². The van der Waals surface area contributed by atoms with Crippen molar-refractivity contribution in [2.24, 2.45) is 0 Å². The first kappa shape index (κ1) is 18.2. The first-order chi connectivity index (χ1) is 10.7. The Kier molecular flexibility index (Phi) is 6.81. The van der Waals surface area contributed by atoms with Crippen LogP contribution in [0.3, 0.4) is 0 Å². The number of halogens is 2. The first-order valence-electron chi connectivity index (χ1n) is 8.22. The molecule has 0 bridgehead atoms. The number of likely N-dealkylation sites (tertiary alicyclic amines) is 1. The number of piperazine rings is 1. The van der Waals surface area contributed by atoms with Crippen LogP contribution < -0.4 is 5.32 Å². The number of nitrogens with zero attached hydrogens (tertiary/aromatic N) is 2. The maximum absolute atomic E-state index is 13.5. The van der Waals surface area contributed by atoms with Gasteiger partial charge in [-0.3, -0.25) is 9.69 Å². The molecule has 0 aromatic heterocycles. The van der Waals surface area contributed by atoms with Crippen LogP contribution in [0.25, 0.3) is 0 Å². The number of nitrogens with one attached hydrogen (secondary N) is 1. The molecule has 6 heteroatoms. The SMILES string of the molecule is Cl.O=C(CN1CCNCC1c1cccc(F)c1)N1CCCCC1. The molecule has 0 spiro atoms. The minimum atomic E-state index is -0.217. The number of carbonyl (C=O) groups is 1. The van der Waals surface area contributed by atoms with Crippen LogP contribution in [-0.2, 0) is 4.79 Å². The van der Waals surface area contributed by atoms with Gasteiger partial charge < -0.3 is 10.2 Å². The van der Waals surface area contributed by atoms with Gasteiger partial charge in [0.05, 0.1) is 6.54 Å². The maximum atomic E-state index is 13.5. The van der Waals surface area contributed by atoms with Crippen LogP contribution in [0.4, 0.5) is 4.39 Å². The summed E-state index contributed by atoms with van der Waals surface area (Å²) in [6.07, 6.45) is 3.45. The molecule has 1 N–H and O–H groups in total. The van der Waals surface area contributed by atoms with E-state index in [0.29, 0.717) is 6.54 Å². The van der Waals surface area contributed by atoms with Crippen molar-refractivity contribution < 1.29 is 9.18 Å². The van der Waals surface area contributed by atoms with Crippen LogP contribution in [0.2, 0.25) is 0 Å². The topological polar surface area (TPSA) is 35.6 Å². The van der Waals surface area contributed by atoms with Crippen molar-refractivity contribution in [1.29, 1.82) is 0 Å². The Morgan fingerprint density at radius 2 is 2.00 bits per heavy atom. The fourth-order valence-electron chi connectivity index (χ4n) is 3.40. The van der Waals surface area contributed by atoms with Gasteiger partial charge in [0, 0.05) is 38.8 Å². The van der Waals surface area contributed by atoms with Crippen LogP contribution in [0, 0.1) is 5.82 Å². The maximum Gasteiger partial charge on any atom is 0.236 e. The van der Waals surface area contributed by atoms with Crippen molar-refractivity contribution in [3.63, 3.8) is 0 Å². The van der Waals surface area contributed by atoms with Gasteiger partial charge >= 0.3 is 0 Å². The van der Waals surface area contributed by atoms with Gasteiger partial charge in [-0.1, -0.05) is 12.1 Å². The smallest absolute Gasteiger partial charge is 0.236 e. The fraction of sp³-hybridized carbons (Fsp3) is 0.588. The molecule has 2 fully saturated rings. The highest BCUT2D eigenvalue weighted by Gasteiger charge is 2.27. The van der Waals surface area contributed by atoms with E-state index in [4.69, 9.17) is 0 Å². The standard InChI is InChI=1S/C17H24FN3O.ClH/c18-15-6-4-5-14(11-15)16-12-19-7-10-21(16)13-17(22)20-8-2-1-3-9-20;/h4-6,11,16,19H,1-3,7-10,12-13H2;1H. The Bertz CT molecular complexity index is 522. The molecule has 1 amide bonds. The van der Waals surface area contributed by atoms with E-state index in [2.05, 4.69) is 10.2 Å². The second-order valence-electron chi connectivity index (χ2n) is 6.19. The zero-order valence-corrected chi connectivity index (χ0v) is 14.2. The highest BCUT2D eigenvalue weighted by atomic mass is 35.5. The lowest BCUT2D eigenvalue weighted by molar-refractivity contribution is -0.134. The Labute approximate surface area is 143 Å². The normalized spacial score (nSPS) is 22.5. The van der Waals surface area contributed by atoms with Gasteiger partial charge in [-0.05, 0) is 37.0 Å². The van der Waals surface area contributed by atoms with Gasteiger partial charge in [-0.25, -0.2) is 4.39 Å². The molecule has 0 aliphatic carbocycles. The molecule has 1 atom stereocenters. The number of amides is 1. The minimum Gasteiger partial charge on any atom is -0.342 e. The molecular formula is C17H25ClFN3O. The highest BCUT2D eigenvalue weighted by molar-refractivity contribution is 5.85. The zero-order valence-electron chi connectivity index (χ0n) is 13.3. The van der Waals surface area contributed by atoms with E-state index in [-0.39, 0.29) is 30.2 Å². The highest BCUT2D eigenvalue weighted by Crippen LogP contribution is 2.23. The molecule has 3 rings (SSSR count). The van der Waals surface area contributed by atoms with Gasteiger partial charge in [-0.15, -0.1) is 12.4 Å². The zero-order chi connectivity index (χ0) is 15.4. The van der Waals surface area contributed by atoms with Gasteiger partial charge in [0.1, 0.15) is 5.82 Å². The summed E-state index contributed by atoms with van der Waals surface area (Å²) in [5.41, 5.74) is 0.943. The number of rotatable bonds is 3. The second-order valence-corrected chi connectivity index (χ2v) is 6.19. The molecule has 2 heterocycles. The van der Waals surface area contributed by atoms with Crippen molar-refractivity contribution in [2.45, 2.75) is 25.3 Å². The molecule has 23 heavy (non-hydrogen) atoms. The predicted octanol–water partition coefficient (Wildman–Crippen LogP) is 2.21. The summed E-state index contributed by atoms with van der Waals surface area (Å²) >= 11 is 0. The molecule has 0 radical (unpaired) electrons. The van der Waals surface area contributed by atoms with Crippen LogP contribution in [-0.4, -0.2) is 55.0 Å². The summed E-state index contributed by atoms with van der Waals surface area (Å²) in [5.74, 6) is -0.00613. The van der Waals surface area contributed by atoms with Gasteiger partial charge in [-0.2, -0.15) is 0 Å². The summed E-state index contributed by atoms with van der Waals surface area (Å²) < 4.78 is 13.5. The third-order valence-electron chi connectivity index (χ3n) is 4.63. The third-order valence-corrected chi connectivity index (χ3v) is 4.63. The molecular weight excluding hydrogens is 317 g/mol. The van der Waals surface area contributed by atoms with E-state index in [0.717, 1.165) is 51.1 Å². The van der Waals surface area contributed by atoms with Gasteiger partial charge in [0.25, 0.3) is 0 Å². The number of benzene rings is 1. The van der Waals surface area contributed by atoms with Crippen molar-refractivity contribution in [3.8, 4) is 0 Å². The number of carbonyl (C=O) groups excluding carboxylic acids is 1. The molecule has 2 aliphatic heterocycles. The summed E-state index contributed by atoms with van der Waals surface area (Å²) in [4.78, 5) is 16.7. The minimum absolute atomic E-state index is 0. The Hall–Kier alpha value is -1.17. The van der Waals surface area contributed by atoms with Crippen LogP contribution in [0.15, 0.2) is 24.3 Å². The molecule has 2 saturated heterocycles. The Morgan fingerprint density at radius 3 is 2.74 bits per heavy atom. The average Bonchev–Trinajstić information content (AvgIpc) is 2.56. The number of piperidine rings is 1. The van der Waals surface area contributed by atoms with E-state index >= 15 is 0 Å². The summed E-state index contributed by atoms with van der Waals surface area (Å²) in [6, 6.07) is 6.79.